The first-order valence-electron chi connectivity index (χ1n) is 11.0. The highest BCUT2D eigenvalue weighted by atomic mass is 16.5. The molecule has 3 amide bonds. The van der Waals surface area contributed by atoms with Crippen molar-refractivity contribution in [3.63, 3.8) is 0 Å². The Hall–Kier alpha value is -1.67. The fourth-order valence-electron chi connectivity index (χ4n) is 4.13. The van der Waals surface area contributed by atoms with Crippen LogP contribution in [0.4, 0.5) is 0 Å². The van der Waals surface area contributed by atoms with Gasteiger partial charge in [-0.25, -0.2) is 0 Å². The number of primary amides is 1. The van der Waals surface area contributed by atoms with Crippen LogP contribution in [0.2, 0.25) is 0 Å². The number of ether oxygens (including phenoxy) is 1. The van der Waals surface area contributed by atoms with Crippen molar-refractivity contribution in [3.05, 3.63) is 0 Å². The van der Waals surface area contributed by atoms with Gasteiger partial charge in [0, 0.05) is 32.2 Å². The monoisotopic (exact) mass is 410 g/mol. The lowest BCUT2D eigenvalue weighted by Gasteiger charge is -2.39. The summed E-state index contributed by atoms with van der Waals surface area (Å²) < 4.78 is 5.48. The molecular weight excluding hydrogens is 372 g/mol. The van der Waals surface area contributed by atoms with Crippen molar-refractivity contribution in [3.8, 4) is 0 Å². The van der Waals surface area contributed by atoms with E-state index in [1.165, 1.54) is 0 Å². The van der Waals surface area contributed by atoms with Gasteiger partial charge >= 0.3 is 0 Å². The van der Waals surface area contributed by atoms with Crippen molar-refractivity contribution in [1.82, 2.24) is 15.1 Å². The fraction of sp³-hybridized carbons (Fsp3) is 0.857. The summed E-state index contributed by atoms with van der Waals surface area (Å²) in [5.41, 5.74) is 5.42. The second-order valence-corrected chi connectivity index (χ2v) is 8.58. The van der Waals surface area contributed by atoms with Crippen molar-refractivity contribution < 1.29 is 19.1 Å². The fourth-order valence-corrected chi connectivity index (χ4v) is 4.13. The molecular formula is C21H38N4O4. The van der Waals surface area contributed by atoms with E-state index in [0.29, 0.717) is 26.2 Å². The maximum Gasteiger partial charge on any atom is 0.239 e. The van der Waals surface area contributed by atoms with Gasteiger partial charge in [-0.2, -0.15) is 0 Å². The van der Waals surface area contributed by atoms with Gasteiger partial charge < -0.3 is 20.7 Å². The molecule has 2 atom stereocenters. The zero-order valence-corrected chi connectivity index (χ0v) is 18.2. The number of hydrogen-bond donors (Lipinski definition) is 2. The summed E-state index contributed by atoms with van der Waals surface area (Å²) in [5.74, 6) is -0.385. The summed E-state index contributed by atoms with van der Waals surface area (Å²) in [6.45, 7) is 9.79. The Bertz CT molecular complexity index is 561. The summed E-state index contributed by atoms with van der Waals surface area (Å²) >= 11 is 0. The van der Waals surface area contributed by atoms with Crippen molar-refractivity contribution in [2.45, 2.75) is 65.0 Å². The summed E-state index contributed by atoms with van der Waals surface area (Å²) in [5, 5.41) is 3.00. The lowest BCUT2D eigenvalue weighted by Crippen LogP contribution is -2.53. The Morgan fingerprint density at radius 3 is 2.38 bits per heavy atom. The Labute approximate surface area is 174 Å². The van der Waals surface area contributed by atoms with Crippen LogP contribution in [0.15, 0.2) is 0 Å². The molecule has 2 fully saturated rings. The molecule has 0 radical (unpaired) electrons. The molecule has 8 nitrogen and oxygen atoms in total. The van der Waals surface area contributed by atoms with Gasteiger partial charge in [-0.1, -0.05) is 0 Å². The molecule has 0 aliphatic carbocycles. The molecule has 0 spiro atoms. The van der Waals surface area contributed by atoms with E-state index >= 15 is 0 Å². The molecule has 29 heavy (non-hydrogen) atoms. The number of carbonyl (C=O) groups excluding carboxylic acids is 3. The van der Waals surface area contributed by atoms with Crippen molar-refractivity contribution in [1.29, 1.82) is 0 Å². The second kappa shape index (κ2) is 11.5. The molecule has 2 heterocycles. The number of carbonyl (C=O) groups is 3. The number of amides is 3. The van der Waals surface area contributed by atoms with Crippen LogP contribution in [0.25, 0.3) is 0 Å². The van der Waals surface area contributed by atoms with Crippen LogP contribution in [0.1, 0.15) is 52.9 Å². The third kappa shape index (κ3) is 7.26. The predicted molar refractivity (Wildman–Crippen MR) is 111 cm³/mol. The molecule has 2 rings (SSSR count). The summed E-state index contributed by atoms with van der Waals surface area (Å²) in [4.78, 5) is 40.6. The van der Waals surface area contributed by atoms with Crippen LogP contribution in [-0.2, 0) is 19.1 Å². The molecule has 2 saturated heterocycles. The minimum absolute atomic E-state index is 0.00815. The first-order valence-corrected chi connectivity index (χ1v) is 11.0. The Kier molecular flexibility index (Phi) is 9.36. The zero-order chi connectivity index (χ0) is 21.4. The number of nitrogens with zero attached hydrogens (tertiary/aromatic N) is 2. The van der Waals surface area contributed by atoms with E-state index in [2.05, 4.69) is 10.2 Å². The van der Waals surface area contributed by atoms with Crippen LogP contribution < -0.4 is 11.1 Å². The number of nitrogens with two attached hydrogens (primary N) is 1. The minimum Gasteiger partial charge on any atom is -0.379 e. The van der Waals surface area contributed by atoms with Gasteiger partial charge in [-0.05, 0) is 66.0 Å². The van der Waals surface area contributed by atoms with E-state index in [1.807, 2.05) is 20.8 Å². The molecule has 8 heteroatoms. The number of nitrogens with one attached hydrogen (secondary N) is 1. The number of rotatable bonds is 9. The van der Waals surface area contributed by atoms with Gasteiger partial charge in [-0.3, -0.25) is 19.3 Å². The summed E-state index contributed by atoms with van der Waals surface area (Å²) in [6.07, 6.45) is 4.13. The Morgan fingerprint density at radius 2 is 1.76 bits per heavy atom. The van der Waals surface area contributed by atoms with Crippen LogP contribution in [0, 0.1) is 11.8 Å². The normalized spacial score (nSPS) is 22.5. The molecule has 166 valence electrons. The molecule has 0 bridgehead atoms. The zero-order valence-electron chi connectivity index (χ0n) is 18.2. The molecule has 2 aliphatic rings. The van der Waals surface area contributed by atoms with Gasteiger partial charge in [0.25, 0.3) is 0 Å². The largest absolute Gasteiger partial charge is 0.379 e. The Balaban J connectivity index is 1.71. The lowest BCUT2D eigenvalue weighted by molar-refractivity contribution is -0.140. The van der Waals surface area contributed by atoms with Crippen LogP contribution >= 0.6 is 0 Å². The van der Waals surface area contributed by atoms with Gasteiger partial charge in [0.2, 0.25) is 17.7 Å². The predicted octanol–water partition coefficient (Wildman–Crippen LogP) is 0.742. The van der Waals surface area contributed by atoms with E-state index in [9.17, 15) is 14.4 Å². The summed E-state index contributed by atoms with van der Waals surface area (Å²) in [6, 6.07) is -0.237. The second-order valence-electron chi connectivity index (χ2n) is 8.58. The highest BCUT2D eigenvalue weighted by molar-refractivity contribution is 5.83. The lowest BCUT2D eigenvalue weighted by atomic mass is 9.94. The number of likely N-dealkylation sites (tertiary alicyclic amines) is 2. The first kappa shape index (κ1) is 23.6. The van der Waals surface area contributed by atoms with Gasteiger partial charge in [0.05, 0.1) is 18.1 Å². The van der Waals surface area contributed by atoms with Crippen molar-refractivity contribution in [2.24, 2.45) is 17.6 Å². The molecule has 0 aromatic rings. The minimum atomic E-state index is -0.322. The highest BCUT2D eigenvalue weighted by Crippen LogP contribution is 2.22. The standard InChI is InChI=1S/C21H38N4O4/c1-15(2)29-13-5-9-23-20(27)17-7-11-24(12-8-17)16(3)21(28)25-10-4-6-18(14-25)19(22)26/h15-18H,4-14H2,1-3H3,(H2,22,26)(H,23,27). The van der Waals surface area contributed by atoms with Gasteiger partial charge in [0.1, 0.15) is 0 Å². The maximum absolute atomic E-state index is 12.9. The SMILES string of the molecule is CC(C)OCCCNC(=O)C1CCN(C(C)C(=O)N2CCCC(C(N)=O)C2)CC1. The third-order valence-electron chi connectivity index (χ3n) is 6.01. The van der Waals surface area contributed by atoms with Gasteiger partial charge in [0.15, 0.2) is 0 Å². The van der Waals surface area contributed by atoms with E-state index in [1.54, 1.807) is 4.90 Å². The third-order valence-corrected chi connectivity index (χ3v) is 6.01. The van der Waals surface area contributed by atoms with Crippen LogP contribution in [0.3, 0.4) is 0 Å². The summed E-state index contributed by atoms with van der Waals surface area (Å²) in [7, 11) is 0. The quantitative estimate of drug-likeness (QED) is 0.546. The molecule has 3 N–H and O–H groups in total. The Morgan fingerprint density at radius 1 is 1.07 bits per heavy atom. The average molecular weight is 411 g/mol. The maximum atomic E-state index is 12.9. The first-order chi connectivity index (χ1) is 13.8. The van der Waals surface area contributed by atoms with Gasteiger partial charge in [-0.15, -0.1) is 0 Å². The smallest absolute Gasteiger partial charge is 0.239 e. The van der Waals surface area contributed by atoms with E-state index in [0.717, 1.165) is 45.2 Å². The number of hydrogen-bond acceptors (Lipinski definition) is 5. The topological polar surface area (TPSA) is 105 Å². The van der Waals surface area contributed by atoms with E-state index in [4.69, 9.17) is 10.5 Å². The van der Waals surface area contributed by atoms with Crippen LogP contribution in [-0.4, -0.2) is 79.0 Å². The molecule has 2 unspecified atom stereocenters. The van der Waals surface area contributed by atoms with Crippen molar-refractivity contribution >= 4 is 17.7 Å². The number of piperidine rings is 2. The van der Waals surface area contributed by atoms with E-state index < -0.39 is 0 Å². The van der Waals surface area contributed by atoms with E-state index in [-0.39, 0.29) is 41.7 Å². The average Bonchev–Trinajstić information content (AvgIpc) is 2.72. The van der Waals surface area contributed by atoms with Crippen molar-refractivity contribution in [2.75, 3.05) is 39.3 Å². The molecule has 2 aliphatic heterocycles. The highest BCUT2D eigenvalue weighted by Gasteiger charge is 2.34. The molecule has 0 aromatic carbocycles. The molecule has 0 saturated carbocycles. The van der Waals surface area contributed by atoms with Crippen LogP contribution in [0.5, 0.6) is 0 Å². The molecule has 0 aromatic heterocycles.